The molecule has 4 rings (SSSR count). The Hall–Kier alpha value is -2.30. The molecule has 1 aliphatic rings. The number of carbonyl (C=O) groups is 1. The molecule has 0 radical (unpaired) electrons. The summed E-state index contributed by atoms with van der Waals surface area (Å²) in [6.07, 6.45) is 1.40. The second-order valence-electron chi connectivity index (χ2n) is 6.76. The molecule has 0 unspecified atom stereocenters. The maximum absolute atomic E-state index is 12.7. The second kappa shape index (κ2) is 8.21. The average molecular weight is 523 g/mol. The second-order valence-corrected chi connectivity index (χ2v) is 8.53. The Balaban J connectivity index is 1.59. The van der Waals surface area contributed by atoms with Crippen LogP contribution in [0.4, 0.5) is 11.6 Å². The van der Waals surface area contributed by atoms with Gasteiger partial charge in [0.2, 0.25) is 0 Å². The summed E-state index contributed by atoms with van der Waals surface area (Å²) in [6.45, 7) is 3.57. The van der Waals surface area contributed by atoms with Gasteiger partial charge in [0.1, 0.15) is 23.5 Å². The molecule has 3 heterocycles. The van der Waals surface area contributed by atoms with Crippen LogP contribution in [0.3, 0.4) is 0 Å². The summed E-state index contributed by atoms with van der Waals surface area (Å²) in [7, 11) is 2.08. The van der Waals surface area contributed by atoms with Gasteiger partial charge in [-0.3, -0.25) is 4.79 Å². The molecular formula is C19H17Br2N5O3. The molecule has 2 aromatic heterocycles. The number of piperazine rings is 1. The van der Waals surface area contributed by atoms with E-state index in [4.69, 9.17) is 4.42 Å². The molecule has 3 aromatic rings. The number of likely N-dealkylation sites (N-methyl/N-ethyl adjacent to an activating group) is 1. The Bertz CT molecular complexity index is 1140. The van der Waals surface area contributed by atoms with Gasteiger partial charge in [0.05, 0.1) is 4.47 Å². The lowest BCUT2D eigenvalue weighted by Gasteiger charge is -2.33. The zero-order valence-corrected chi connectivity index (χ0v) is 18.7. The van der Waals surface area contributed by atoms with Gasteiger partial charge < -0.3 is 19.5 Å². The van der Waals surface area contributed by atoms with Crippen molar-refractivity contribution < 1.29 is 9.21 Å². The predicted molar refractivity (Wildman–Crippen MR) is 118 cm³/mol. The molecule has 0 atom stereocenters. The molecule has 0 aliphatic carbocycles. The van der Waals surface area contributed by atoms with Crippen LogP contribution in [-0.4, -0.2) is 54.0 Å². The molecular weight excluding hydrogens is 506 g/mol. The fraction of sp³-hybridized carbons (Fsp3) is 0.263. The molecule has 8 nitrogen and oxygen atoms in total. The van der Waals surface area contributed by atoms with Crippen LogP contribution in [0.1, 0.15) is 10.4 Å². The highest BCUT2D eigenvalue weighted by molar-refractivity contribution is 9.11. The highest BCUT2D eigenvalue weighted by Crippen LogP contribution is 2.28. The molecule has 1 saturated heterocycles. The Morgan fingerprint density at radius 1 is 1.10 bits per heavy atom. The van der Waals surface area contributed by atoms with Crippen LogP contribution in [0.25, 0.3) is 11.0 Å². The van der Waals surface area contributed by atoms with E-state index in [1.807, 2.05) is 0 Å². The standard InChI is InChI=1S/C19H17Br2N5O3/c1-25-2-4-26(5-3-25)16-9-15(22-10-23-16)24-18(27)13-7-11-6-12(20)8-14(21)17(11)29-19(13)28/h6-10H,2-5H2,1H3,(H,22,23,24,27). The number of carbonyl (C=O) groups excluding carboxylic acids is 1. The molecule has 1 amide bonds. The van der Waals surface area contributed by atoms with Gasteiger partial charge in [0, 0.05) is 42.1 Å². The van der Waals surface area contributed by atoms with E-state index in [9.17, 15) is 9.59 Å². The van der Waals surface area contributed by atoms with Gasteiger partial charge in [-0.25, -0.2) is 14.8 Å². The quantitative estimate of drug-likeness (QED) is 0.528. The summed E-state index contributed by atoms with van der Waals surface area (Å²) in [6, 6.07) is 6.76. The summed E-state index contributed by atoms with van der Waals surface area (Å²) in [5.74, 6) is 0.482. The van der Waals surface area contributed by atoms with Gasteiger partial charge in [0.25, 0.3) is 5.91 Å². The third kappa shape index (κ3) is 4.34. The van der Waals surface area contributed by atoms with Crippen molar-refractivity contribution >= 4 is 60.4 Å². The number of hydrogen-bond acceptors (Lipinski definition) is 7. The van der Waals surface area contributed by atoms with E-state index >= 15 is 0 Å². The van der Waals surface area contributed by atoms with Crippen LogP contribution in [0.15, 0.2) is 48.7 Å². The molecule has 1 aromatic carbocycles. The summed E-state index contributed by atoms with van der Waals surface area (Å²) >= 11 is 6.75. The van der Waals surface area contributed by atoms with E-state index in [1.54, 1.807) is 18.2 Å². The fourth-order valence-electron chi connectivity index (χ4n) is 3.12. The molecule has 150 valence electrons. The molecule has 0 saturated carbocycles. The van der Waals surface area contributed by atoms with E-state index in [-0.39, 0.29) is 5.56 Å². The molecule has 1 N–H and O–H groups in total. The van der Waals surface area contributed by atoms with Crippen LogP contribution >= 0.6 is 31.9 Å². The number of anilines is 2. The van der Waals surface area contributed by atoms with E-state index < -0.39 is 11.5 Å². The number of fused-ring (bicyclic) bond motifs is 1. The largest absolute Gasteiger partial charge is 0.421 e. The lowest BCUT2D eigenvalue weighted by molar-refractivity contribution is 0.102. The summed E-state index contributed by atoms with van der Waals surface area (Å²) in [5, 5.41) is 3.29. The Morgan fingerprint density at radius 3 is 2.62 bits per heavy atom. The normalized spacial score (nSPS) is 14.9. The monoisotopic (exact) mass is 521 g/mol. The molecule has 0 spiro atoms. The number of nitrogens with one attached hydrogen (secondary N) is 1. The number of halogens is 2. The molecule has 0 bridgehead atoms. The SMILES string of the molecule is CN1CCN(c2cc(NC(=O)c3cc4cc(Br)cc(Br)c4oc3=O)ncn2)CC1. The summed E-state index contributed by atoms with van der Waals surface area (Å²) in [4.78, 5) is 37.8. The van der Waals surface area contributed by atoms with Gasteiger partial charge in [-0.05, 0) is 41.2 Å². The highest BCUT2D eigenvalue weighted by atomic mass is 79.9. The van der Waals surface area contributed by atoms with E-state index in [2.05, 4.69) is 64.0 Å². The lowest BCUT2D eigenvalue weighted by atomic mass is 10.2. The van der Waals surface area contributed by atoms with Crippen molar-refractivity contribution in [3.05, 3.63) is 55.5 Å². The van der Waals surface area contributed by atoms with Crippen molar-refractivity contribution in [2.75, 3.05) is 43.4 Å². The molecule has 10 heteroatoms. The van der Waals surface area contributed by atoms with Gasteiger partial charge >= 0.3 is 5.63 Å². The highest BCUT2D eigenvalue weighted by Gasteiger charge is 2.18. The average Bonchev–Trinajstić information content (AvgIpc) is 2.69. The minimum Gasteiger partial charge on any atom is -0.421 e. The maximum Gasteiger partial charge on any atom is 0.349 e. The van der Waals surface area contributed by atoms with Gasteiger partial charge in [-0.2, -0.15) is 0 Å². The topological polar surface area (TPSA) is 91.6 Å². The first-order valence-corrected chi connectivity index (χ1v) is 10.5. The molecule has 1 aliphatic heterocycles. The lowest BCUT2D eigenvalue weighted by Crippen LogP contribution is -2.44. The minimum absolute atomic E-state index is 0.0951. The van der Waals surface area contributed by atoms with Gasteiger partial charge in [0.15, 0.2) is 5.58 Å². The smallest absolute Gasteiger partial charge is 0.349 e. The third-order valence-corrected chi connectivity index (χ3v) is 5.76. The fourth-order valence-corrected chi connectivity index (χ4v) is 4.46. The van der Waals surface area contributed by atoms with Gasteiger partial charge in [-0.1, -0.05) is 15.9 Å². The predicted octanol–water partition coefficient (Wildman–Crippen LogP) is 3.11. The Kier molecular flexibility index (Phi) is 5.66. The number of hydrogen-bond donors (Lipinski definition) is 1. The van der Waals surface area contributed by atoms with Crippen molar-refractivity contribution in [1.82, 2.24) is 14.9 Å². The van der Waals surface area contributed by atoms with Crippen molar-refractivity contribution in [3.63, 3.8) is 0 Å². The number of amides is 1. The zero-order chi connectivity index (χ0) is 20.5. The van der Waals surface area contributed by atoms with Crippen molar-refractivity contribution in [2.24, 2.45) is 0 Å². The summed E-state index contributed by atoms with van der Waals surface area (Å²) < 4.78 is 6.76. The first-order chi connectivity index (χ1) is 13.9. The molecule has 29 heavy (non-hydrogen) atoms. The van der Waals surface area contributed by atoms with E-state index in [0.717, 1.165) is 36.5 Å². The number of benzene rings is 1. The zero-order valence-electron chi connectivity index (χ0n) is 15.5. The Morgan fingerprint density at radius 2 is 1.86 bits per heavy atom. The van der Waals surface area contributed by atoms with Crippen LogP contribution in [-0.2, 0) is 0 Å². The van der Waals surface area contributed by atoms with Gasteiger partial charge in [-0.15, -0.1) is 0 Å². The van der Waals surface area contributed by atoms with Crippen LogP contribution < -0.4 is 15.8 Å². The first-order valence-electron chi connectivity index (χ1n) is 8.90. The van der Waals surface area contributed by atoms with Crippen molar-refractivity contribution in [3.8, 4) is 0 Å². The third-order valence-electron chi connectivity index (χ3n) is 4.72. The van der Waals surface area contributed by atoms with Crippen LogP contribution in [0.2, 0.25) is 0 Å². The molecule has 1 fully saturated rings. The van der Waals surface area contributed by atoms with Crippen molar-refractivity contribution in [1.29, 1.82) is 0 Å². The van der Waals surface area contributed by atoms with Crippen molar-refractivity contribution in [2.45, 2.75) is 0 Å². The Labute approximate surface area is 183 Å². The first kappa shape index (κ1) is 20.0. The number of aromatic nitrogens is 2. The van der Waals surface area contributed by atoms with Crippen LogP contribution in [0.5, 0.6) is 0 Å². The summed E-state index contributed by atoms with van der Waals surface area (Å²) in [5.41, 5.74) is -0.428. The minimum atomic E-state index is -0.716. The van der Waals surface area contributed by atoms with E-state index in [0.29, 0.717) is 21.3 Å². The number of nitrogens with zero attached hydrogens (tertiary/aromatic N) is 4. The number of rotatable bonds is 3. The van der Waals surface area contributed by atoms with E-state index in [1.165, 1.54) is 12.4 Å². The maximum atomic E-state index is 12.7. The van der Waals surface area contributed by atoms with Crippen LogP contribution in [0, 0.1) is 0 Å².